The van der Waals surface area contributed by atoms with E-state index in [4.69, 9.17) is 4.84 Å². The maximum Gasteiger partial charge on any atom is 3.00 e. The van der Waals surface area contributed by atoms with Gasteiger partial charge >= 0.3 is 74.4 Å². The van der Waals surface area contributed by atoms with Gasteiger partial charge in [-0.15, -0.1) is 0 Å². The first kappa shape index (κ1) is 52.6. The fourth-order valence-corrected chi connectivity index (χ4v) is 7.86. The van der Waals surface area contributed by atoms with Gasteiger partial charge in [0.25, 0.3) is 5.91 Å². The Balaban J connectivity index is 0.00000898. The smallest absolute Gasteiger partial charge is 0.480 e. The van der Waals surface area contributed by atoms with Gasteiger partial charge in [-0.05, 0) is 28.7 Å². The number of carbonyl (C=O) groups is 5. The molecule has 0 radical (unpaired) electrons. The zero-order valence-electron chi connectivity index (χ0n) is 36.4. The second-order valence-corrected chi connectivity index (χ2v) is 15.8. The molecule has 2 amide bonds. The number of aliphatic carboxylic acids is 3. The average Bonchev–Trinajstić information content (AvgIpc) is 3.24. The minimum absolute atomic E-state index is 0. The fraction of sp³-hybridized carbons (Fsp3) is 0.442. The number of carboxylic acid groups (broad SMARTS) is 3. The number of nitrogens with zero attached hydrogens (tertiary/aromatic N) is 7. The van der Waals surface area contributed by atoms with Gasteiger partial charge in [0, 0.05) is 96.4 Å². The molecule has 1 saturated heterocycles. The number of amides is 2. The number of pyridine rings is 1. The van der Waals surface area contributed by atoms with E-state index in [0.29, 0.717) is 37.2 Å². The van der Waals surface area contributed by atoms with Crippen molar-refractivity contribution in [3.05, 3.63) is 84.1 Å². The Morgan fingerprint density at radius 2 is 1.25 bits per heavy atom. The van der Waals surface area contributed by atoms with E-state index in [2.05, 4.69) is 5.32 Å². The molecule has 1 atom stereocenters. The molecule has 19 nitrogen and oxygen atoms in total. The molecule has 1 aromatic heterocycles. The Kier molecular flexibility index (Phi) is 21.1. The van der Waals surface area contributed by atoms with Crippen LogP contribution >= 0.6 is 0 Å². The van der Waals surface area contributed by atoms with Crippen molar-refractivity contribution >= 4 is 64.0 Å². The SMILES string of the molecule is CON(C)C(CNC(=O)C[n+]1cc2ccccc2c2cc(CN(C)C(=O)CN3CCN(CC(=O)O)CCN(CC(=O)O)CCN(CC(=O)O)CC3)ccc21)c1ccccc1B(O)O.[Eu+3]. The molecule has 1 unspecified atom stereocenters. The van der Waals surface area contributed by atoms with Crippen LogP contribution in [0.5, 0.6) is 0 Å². The van der Waals surface area contributed by atoms with Gasteiger partial charge in [0.15, 0.2) is 6.20 Å². The summed E-state index contributed by atoms with van der Waals surface area (Å²) >= 11 is 0. The molecule has 342 valence electrons. The van der Waals surface area contributed by atoms with E-state index in [1.165, 1.54) is 12.2 Å². The molecular weight excluding hydrogens is 967 g/mol. The molecule has 64 heavy (non-hydrogen) atoms. The van der Waals surface area contributed by atoms with Crippen LogP contribution in [0.2, 0.25) is 0 Å². The number of likely N-dealkylation sites (N-methyl/N-ethyl adjacent to an activating group) is 2. The Morgan fingerprint density at radius 3 is 1.78 bits per heavy atom. The van der Waals surface area contributed by atoms with Crippen molar-refractivity contribution in [1.29, 1.82) is 0 Å². The van der Waals surface area contributed by atoms with Crippen molar-refractivity contribution in [2.24, 2.45) is 0 Å². The first-order chi connectivity index (χ1) is 30.1. The molecule has 3 aromatic carbocycles. The third kappa shape index (κ3) is 15.6. The van der Waals surface area contributed by atoms with Gasteiger partial charge in [-0.3, -0.25) is 43.6 Å². The molecule has 0 aliphatic carbocycles. The van der Waals surface area contributed by atoms with Crippen molar-refractivity contribution in [1.82, 2.24) is 34.9 Å². The molecule has 4 aromatic rings. The number of rotatable bonds is 18. The van der Waals surface area contributed by atoms with Crippen molar-refractivity contribution < 1.29 is 108 Å². The third-order valence-corrected chi connectivity index (χ3v) is 11.3. The van der Waals surface area contributed by atoms with Crippen molar-refractivity contribution in [3.63, 3.8) is 0 Å². The summed E-state index contributed by atoms with van der Waals surface area (Å²) in [5.74, 6) is -3.55. The summed E-state index contributed by atoms with van der Waals surface area (Å²) < 4.78 is 1.87. The minimum atomic E-state index is -1.71. The van der Waals surface area contributed by atoms with Crippen LogP contribution in [-0.2, 0) is 41.9 Å². The van der Waals surface area contributed by atoms with Crippen LogP contribution in [0.1, 0.15) is 17.2 Å². The summed E-state index contributed by atoms with van der Waals surface area (Å²) in [7, 11) is 3.18. The molecular formula is C43H58BEuN8O11+4. The third-order valence-electron chi connectivity index (χ3n) is 11.3. The van der Waals surface area contributed by atoms with E-state index in [9.17, 15) is 49.3 Å². The van der Waals surface area contributed by atoms with Crippen LogP contribution in [0.15, 0.2) is 72.9 Å². The van der Waals surface area contributed by atoms with Crippen LogP contribution < -0.4 is 15.3 Å². The molecule has 1 aliphatic heterocycles. The number of carbonyl (C=O) groups excluding carboxylic acids is 2. The van der Waals surface area contributed by atoms with E-state index in [1.54, 1.807) is 58.0 Å². The topological polar surface area (TPSA) is 231 Å². The fourth-order valence-electron chi connectivity index (χ4n) is 7.86. The Bertz CT molecular complexity index is 2210. The standard InChI is InChI=1S/C43H57BN8O11.Eu/c1-46(40(54)27-48-14-16-49(28-41(55)56)18-20-51(30-43(59)60)21-19-50(17-15-48)29-42(57)58)24-31-12-13-37-35(22-31)33-9-5-4-8-32(33)25-52(37)26-39(53)45-23-38(47(2)63-3)34-10-6-7-11-36(34)44(61)62;/h4-13,22,25,38,61-62H,14-21,23-24,26-30H2,1-3H3,(H3-,45,53,55,56,57,58,59,60);/q;+3/p+1. The molecule has 0 saturated carbocycles. The quantitative estimate of drug-likeness (QED) is 0.0296. The van der Waals surface area contributed by atoms with Gasteiger partial charge in [-0.1, -0.05) is 48.5 Å². The Hall–Kier alpha value is -3.99. The molecule has 1 fully saturated rings. The molecule has 6 N–H and O–H groups in total. The maximum atomic E-state index is 13.8. The summed E-state index contributed by atoms with van der Waals surface area (Å²) in [5, 5.41) is 55.9. The summed E-state index contributed by atoms with van der Waals surface area (Å²) in [5.41, 5.74) is 2.53. The van der Waals surface area contributed by atoms with Crippen LogP contribution in [0, 0.1) is 49.4 Å². The van der Waals surface area contributed by atoms with Gasteiger partial charge < -0.3 is 40.4 Å². The van der Waals surface area contributed by atoms with Gasteiger partial charge in [0.2, 0.25) is 18.0 Å². The summed E-state index contributed by atoms with van der Waals surface area (Å²) in [6.07, 6.45) is 1.92. The van der Waals surface area contributed by atoms with E-state index in [1.807, 2.05) is 58.1 Å². The van der Waals surface area contributed by atoms with Gasteiger partial charge in [-0.2, -0.15) is 9.63 Å². The predicted octanol–water partition coefficient (Wildman–Crippen LogP) is -1.26. The van der Waals surface area contributed by atoms with Crippen molar-refractivity contribution in [3.8, 4) is 0 Å². The van der Waals surface area contributed by atoms with E-state index >= 15 is 0 Å². The second kappa shape index (κ2) is 25.6. The van der Waals surface area contributed by atoms with Gasteiger partial charge in [0.05, 0.1) is 44.7 Å². The molecule has 2 heterocycles. The molecule has 0 spiro atoms. The number of hydrogen-bond donors (Lipinski definition) is 6. The summed E-state index contributed by atoms with van der Waals surface area (Å²) in [6, 6.07) is 20.0. The number of carboxylic acids is 3. The van der Waals surface area contributed by atoms with Crippen LogP contribution in [0.4, 0.5) is 0 Å². The second-order valence-electron chi connectivity index (χ2n) is 15.8. The van der Waals surface area contributed by atoms with Crippen LogP contribution in [0.3, 0.4) is 0 Å². The monoisotopic (exact) mass is 1030 g/mol. The maximum absolute atomic E-state index is 13.8. The summed E-state index contributed by atoms with van der Waals surface area (Å²) in [4.78, 5) is 76.4. The normalized spacial score (nSPS) is 15.5. The predicted molar refractivity (Wildman–Crippen MR) is 234 cm³/mol. The number of hydrogen-bond acceptors (Lipinski definition) is 13. The number of nitrogens with one attached hydrogen (secondary N) is 1. The Labute approximate surface area is 413 Å². The average molecular weight is 1030 g/mol. The first-order valence-corrected chi connectivity index (χ1v) is 20.7. The summed E-state index contributed by atoms with van der Waals surface area (Å²) in [6.45, 7) is 1.95. The van der Waals surface area contributed by atoms with Crippen LogP contribution in [-0.4, -0.2) is 198 Å². The molecule has 0 bridgehead atoms. The number of aromatic nitrogens is 1. The first-order valence-electron chi connectivity index (χ1n) is 20.7. The molecule has 21 heteroatoms. The zero-order chi connectivity index (χ0) is 45.6. The minimum Gasteiger partial charge on any atom is -0.480 e. The Morgan fingerprint density at radius 1 is 0.734 bits per heavy atom. The van der Waals surface area contributed by atoms with Gasteiger partial charge in [-0.25, -0.2) is 0 Å². The largest absolute Gasteiger partial charge is 3.00 e. The van der Waals surface area contributed by atoms with E-state index in [0.717, 1.165) is 27.2 Å². The van der Waals surface area contributed by atoms with Crippen LogP contribution in [0.25, 0.3) is 21.7 Å². The number of hydroxylamine groups is 2. The number of fused-ring (bicyclic) bond motifs is 3. The van der Waals surface area contributed by atoms with E-state index < -0.39 is 31.1 Å². The van der Waals surface area contributed by atoms with Crippen molar-refractivity contribution in [2.75, 3.05) is 106 Å². The van der Waals surface area contributed by atoms with E-state index in [-0.39, 0.29) is 133 Å². The van der Waals surface area contributed by atoms with Gasteiger partial charge in [0.1, 0.15) is 0 Å². The molecule has 5 rings (SSSR count). The molecule has 1 aliphatic rings. The number of benzene rings is 3. The van der Waals surface area contributed by atoms with Crippen molar-refractivity contribution in [2.45, 2.75) is 19.1 Å². The zero-order valence-corrected chi connectivity index (χ0v) is 38.8.